The predicted octanol–water partition coefficient (Wildman–Crippen LogP) is 7.03. The Hall–Kier alpha value is -3.11. The van der Waals surface area contributed by atoms with Crippen molar-refractivity contribution in [1.29, 1.82) is 0 Å². The van der Waals surface area contributed by atoms with Crippen LogP contribution in [0.3, 0.4) is 0 Å². The van der Waals surface area contributed by atoms with Crippen LogP contribution >= 0.6 is 11.6 Å². The molecule has 0 saturated heterocycles. The lowest BCUT2D eigenvalue weighted by atomic mass is 9.96. The number of alkyl carbamates (subject to hydrolysis) is 1. The number of nitrogens with one attached hydrogen (secondary N) is 1. The Bertz CT molecular complexity index is 1090. The van der Waals surface area contributed by atoms with Crippen LogP contribution < -0.4 is 5.32 Å². The second-order valence-electron chi connectivity index (χ2n) is 9.48. The Morgan fingerprint density at radius 2 is 1.59 bits per heavy atom. The summed E-state index contributed by atoms with van der Waals surface area (Å²) < 4.78 is 5.43. The molecule has 0 spiro atoms. The molecule has 4 nitrogen and oxygen atoms in total. The topological polar surface area (TPSA) is 55.4 Å². The molecule has 0 saturated carbocycles. The van der Waals surface area contributed by atoms with Crippen LogP contribution in [0.1, 0.15) is 44.7 Å². The molecule has 5 heteroatoms. The van der Waals surface area contributed by atoms with Crippen LogP contribution in [-0.4, -0.2) is 23.5 Å². The van der Waals surface area contributed by atoms with E-state index in [0.29, 0.717) is 24.3 Å². The van der Waals surface area contributed by atoms with E-state index in [1.807, 2.05) is 99.6 Å². The second kappa shape index (κ2) is 11.8. The first-order valence-electron chi connectivity index (χ1n) is 11.6. The minimum Gasteiger partial charge on any atom is -0.444 e. The molecule has 1 amide bonds. The van der Waals surface area contributed by atoms with Crippen molar-refractivity contribution in [2.24, 2.45) is 0 Å². The molecule has 0 aliphatic heterocycles. The molecule has 3 rings (SSSR count). The lowest BCUT2D eigenvalue weighted by molar-refractivity contribution is -0.119. The SMILES string of the molecule is CC(C)(C)OC(=O)N[C@@H](CC(=O)CCc1ccccc1)Cc1ccc(-c2cccc(Cl)c2)cc1. The van der Waals surface area contributed by atoms with Crippen LogP contribution in [0.2, 0.25) is 5.02 Å². The highest BCUT2D eigenvalue weighted by Gasteiger charge is 2.22. The monoisotopic (exact) mass is 477 g/mol. The predicted molar refractivity (Wildman–Crippen MR) is 138 cm³/mol. The third-order valence-corrected chi connectivity index (χ3v) is 5.56. The average Bonchev–Trinajstić information content (AvgIpc) is 2.77. The van der Waals surface area contributed by atoms with Crippen molar-refractivity contribution in [2.75, 3.05) is 0 Å². The van der Waals surface area contributed by atoms with Gasteiger partial charge in [-0.15, -0.1) is 0 Å². The molecule has 34 heavy (non-hydrogen) atoms. The lowest BCUT2D eigenvalue weighted by Crippen LogP contribution is -2.41. The van der Waals surface area contributed by atoms with Crippen molar-refractivity contribution in [3.63, 3.8) is 0 Å². The van der Waals surface area contributed by atoms with E-state index in [1.54, 1.807) is 0 Å². The molecule has 0 bridgehead atoms. The smallest absolute Gasteiger partial charge is 0.407 e. The first kappa shape index (κ1) is 25.5. The summed E-state index contributed by atoms with van der Waals surface area (Å²) in [6, 6.07) is 25.4. The van der Waals surface area contributed by atoms with E-state index >= 15 is 0 Å². The zero-order valence-corrected chi connectivity index (χ0v) is 20.8. The molecule has 3 aromatic carbocycles. The highest BCUT2D eigenvalue weighted by Crippen LogP contribution is 2.23. The van der Waals surface area contributed by atoms with Gasteiger partial charge in [-0.1, -0.05) is 78.3 Å². The van der Waals surface area contributed by atoms with Gasteiger partial charge in [0.15, 0.2) is 0 Å². The number of halogens is 1. The molecular formula is C29H32ClNO3. The highest BCUT2D eigenvalue weighted by atomic mass is 35.5. The van der Waals surface area contributed by atoms with Crippen LogP contribution in [0.25, 0.3) is 11.1 Å². The van der Waals surface area contributed by atoms with E-state index in [0.717, 1.165) is 22.3 Å². The summed E-state index contributed by atoms with van der Waals surface area (Å²) in [6.45, 7) is 5.46. The molecule has 0 aliphatic rings. The van der Waals surface area contributed by atoms with Crippen molar-refractivity contribution in [1.82, 2.24) is 5.32 Å². The quantitative estimate of drug-likeness (QED) is 0.359. The van der Waals surface area contributed by atoms with E-state index < -0.39 is 11.7 Å². The van der Waals surface area contributed by atoms with Gasteiger partial charge in [-0.25, -0.2) is 4.79 Å². The van der Waals surface area contributed by atoms with E-state index in [1.165, 1.54) is 0 Å². The zero-order valence-electron chi connectivity index (χ0n) is 20.0. The Labute approximate surface area is 207 Å². The standard InChI is InChI=1S/C29H32ClNO3/c1-29(2,3)34-28(33)31-26(20-27(32)17-14-21-8-5-4-6-9-21)18-22-12-15-23(16-13-22)24-10-7-11-25(30)19-24/h4-13,15-16,19,26H,14,17-18,20H2,1-3H3,(H,31,33)/t26-/m1/s1. The summed E-state index contributed by atoms with van der Waals surface area (Å²) in [5.74, 6) is 0.112. The fourth-order valence-corrected chi connectivity index (χ4v) is 3.93. The van der Waals surface area contributed by atoms with Gasteiger partial charge in [0.1, 0.15) is 11.4 Å². The Morgan fingerprint density at radius 1 is 0.882 bits per heavy atom. The molecule has 0 unspecified atom stereocenters. The Morgan fingerprint density at radius 3 is 2.24 bits per heavy atom. The van der Waals surface area contributed by atoms with E-state index in [4.69, 9.17) is 16.3 Å². The Kier molecular flexibility index (Phi) is 8.89. The Balaban J connectivity index is 1.67. The van der Waals surface area contributed by atoms with Crippen molar-refractivity contribution >= 4 is 23.5 Å². The summed E-state index contributed by atoms with van der Waals surface area (Å²) in [7, 11) is 0. The van der Waals surface area contributed by atoms with Gasteiger partial charge in [-0.3, -0.25) is 4.79 Å². The summed E-state index contributed by atoms with van der Waals surface area (Å²) >= 11 is 6.12. The molecule has 0 aliphatic carbocycles. The number of benzene rings is 3. The van der Waals surface area contributed by atoms with Gasteiger partial charge in [0.25, 0.3) is 0 Å². The van der Waals surface area contributed by atoms with Gasteiger partial charge < -0.3 is 10.1 Å². The number of ether oxygens (including phenoxy) is 1. The fourth-order valence-electron chi connectivity index (χ4n) is 3.74. The van der Waals surface area contributed by atoms with Gasteiger partial charge in [0.05, 0.1) is 0 Å². The summed E-state index contributed by atoms with van der Waals surface area (Å²) in [5, 5.41) is 3.60. The maximum Gasteiger partial charge on any atom is 0.407 e. The van der Waals surface area contributed by atoms with Crippen LogP contribution in [0.15, 0.2) is 78.9 Å². The van der Waals surface area contributed by atoms with Crippen molar-refractivity contribution in [2.45, 2.75) is 58.1 Å². The number of amides is 1. The molecule has 0 radical (unpaired) electrons. The number of Topliss-reactive ketones (excluding diaryl/α,β-unsaturated/α-hetero) is 1. The van der Waals surface area contributed by atoms with Crippen LogP contribution in [0, 0.1) is 0 Å². The van der Waals surface area contributed by atoms with E-state index in [-0.39, 0.29) is 18.2 Å². The summed E-state index contributed by atoms with van der Waals surface area (Å²) in [6.07, 6.45) is 1.40. The van der Waals surface area contributed by atoms with Crippen molar-refractivity contribution in [3.8, 4) is 11.1 Å². The number of rotatable bonds is 9. The molecule has 1 atom stereocenters. The molecule has 0 aromatic heterocycles. The van der Waals surface area contributed by atoms with Gasteiger partial charge in [0.2, 0.25) is 0 Å². The molecule has 0 heterocycles. The molecular weight excluding hydrogens is 446 g/mol. The molecule has 178 valence electrons. The highest BCUT2D eigenvalue weighted by molar-refractivity contribution is 6.30. The first-order valence-corrected chi connectivity index (χ1v) is 12.0. The maximum atomic E-state index is 12.8. The minimum absolute atomic E-state index is 0.112. The number of carbonyl (C=O) groups excluding carboxylic acids is 2. The normalized spacial score (nSPS) is 12.1. The number of aryl methyl sites for hydroxylation is 1. The van der Waals surface area contributed by atoms with Crippen LogP contribution in [0.4, 0.5) is 4.79 Å². The maximum absolute atomic E-state index is 12.8. The van der Waals surface area contributed by atoms with Gasteiger partial charge in [-0.05, 0) is 68.0 Å². The van der Waals surface area contributed by atoms with Crippen molar-refractivity contribution in [3.05, 3.63) is 95.0 Å². The lowest BCUT2D eigenvalue weighted by Gasteiger charge is -2.23. The number of hydrogen-bond donors (Lipinski definition) is 1. The number of hydrogen-bond acceptors (Lipinski definition) is 3. The second-order valence-corrected chi connectivity index (χ2v) is 9.92. The third-order valence-electron chi connectivity index (χ3n) is 5.32. The number of carbonyl (C=O) groups is 2. The summed E-state index contributed by atoms with van der Waals surface area (Å²) in [4.78, 5) is 25.2. The van der Waals surface area contributed by atoms with Crippen LogP contribution in [-0.2, 0) is 22.4 Å². The van der Waals surface area contributed by atoms with E-state index in [2.05, 4.69) is 5.32 Å². The van der Waals surface area contributed by atoms with Gasteiger partial charge in [0, 0.05) is 23.9 Å². The largest absolute Gasteiger partial charge is 0.444 e. The third kappa shape index (κ3) is 8.68. The zero-order chi connectivity index (χ0) is 24.6. The van der Waals surface area contributed by atoms with Gasteiger partial charge in [-0.2, -0.15) is 0 Å². The fraction of sp³-hybridized carbons (Fsp3) is 0.310. The van der Waals surface area contributed by atoms with Gasteiger partial charge >= 0.3 is 6.09 Å². The molecule has 3 aromatic rings. The average molecular weight is 478 g/mol. The molecule has 1 N–H and O–H groups in total. The minimum atomic E-state index is -0.607. The number of ketones is 1. The van der Waals surface area contributed by atoms with Crippen molar-refractivity contribution < 1.29 is 14.3 Å². The first-order chi connectivity index (χ1) is 16.2. The molecule has 0 fully saturated rings. The van der Waals surface area contributed by atoms with E-state index in [9.17, 15) is 9.59 Å². The van der Waals surface area contributed by atoms with Crippen LogP contribution in [0.5, 0.6) is 0 Å². The summed E-state index contributed by atoms with van der Waals surface area (Å²) in [5.41, 5.74) is 3.65.